The minimum Gasteiger partial charge on any atom is -0.383 e. The van der Waals surface area contributed by atoms with Crippen LogP contribution in [0.4, 0.5) is 11.6 Å². The van der Waals surface area contributed by atoms with Crippen molar-refractivity contribution in [2.45, 2.75) is 18.6 Å². The van der Waals surface area contributed by atoms with Crippen LogP contribution < -0.4 is 10.6 Å². The first-order valence-corrected chi connectivity index (χ1v) is 11.0. The second-order valence-corrected chi connectivity index (χ2v) is 8.23. The molecule has 2 saturated heterocycles. The van der Waals surface area contributed by atoms with Crippen LogP contribution in [0, 0.1) is 0 Å². The number of ether oxygens (including phenoxy) is 2. The lowest BCUT2D eigenvalue weighted by molar-refractivity contribution is -0.169. The summed E-state index contributed by atoms with van der Waals surface area (Å²) >= 11 is 0. The lowest BCUT2D eigenvalue weighted by atomic mass is 10.0. The van der Waals surface area contributed by atoms with Crippen LogP contribution in [-0.4, -0.2) is 57.0 Å². The summed E-state index contributed by atoms with van der Waals surface area (Å²) in [6.07, 6.45) is 6.72. The summed E-state index contributed by atoms with van der Waals surface area (Å²) in [6.45, 7) is 3.06. The van der Waals surface area contributed by atoms with E-state index in [0.29, 0.717) is 30.1 Å². The van der Waals surface area contributed by atoms with Gasteiger partial charge >= 0.3 is 0 Å². The van der Waals surface area contributed by atoms with E-state index in [0.717, 1.165) is 54.3 Å². The Balaban J connectivity index is 1.32. The number of nitrogen functional groups attached to an aromatic ring is 1. The van der Waals surface area contributed by atoms with Gasteiger partial charge in [-0.15, -0.1) is 0 Å². The molecule has 9 nitrogen and oxygen atoms in total. The fourth-order valence-electron chi connectivity index (χ4n) is 4.55. The summed E-state index contributed by atoms with van der Waals surface area (Å²) in [4.78, 5) is 24.7. The van der Waals surface area contributed by atoms with Gasteiger partial charge in [0.2, 0.25) is 0 Å². The summed E-state index contributed by atoms with van der Waals surface area (Å²) in [5.41, 5.74) is 9.98. The summed E-state index contributed by atoms with van der Waals surface area (Å²) < 4.78 is 11.7. The number of nitrogens with zero attached hydrogens (tertiary/aromatic N) is 6. The third kappa shape index (κ3) is 3.65. The van der Waals surface area contributed by atoms with Gasteiger partial charge in [-0.25, -0.2) is 19.9 Å². The van der Waals surface area contributed by atoms with Crippen LogP contribution in [0.1, 0.15) is 12.8 Å². The molecule has 2 aliphatic heterocycles. The van der Waals surface area contributed by atoms with Crippen LogP contribution in [0.3, 0.4) is 0 Å². The highest BCUT2D eigenvalue weighted by molar-refractivity contribution is 6.00. The minimum absolute atomic E-state index is 0.381. The number of aromatic nitrogens is 5. The largest absolute Gasteiger partial charge is 0.383 e. The molecule has 6 heterocycles. The highest BCUT2D eigenvalue weighted by Crippen LogP contribution is 2.34. The highest BCUT2D eigenvalue weighted by atomic mass is 16.7. The monoisotopic (exact) mass is 441 g/mol. The van der Waals surface area contributed by atoms with Crippen LogP contribution in [0.15, 0.2) is 55.1 Å². The molecule has 0 amide bonds. The van der Waals surface area contributed by atoms with Gasteiger partial charge in [0.15, 0.2) is 11.4 Å². The zero-order chi connectivity index (χ0) is 22.3. The Morgan fingerprint density at radius 3 is 2.48 bits per heavy atom. The van der Waals surface area contributed by atoms with Crippen molar-refractivity contribution in [2.75, 3.05) is 36.9 Å². The molecule has 33 heavy (non-hydrogen) atoms. The molecular weight excluding hydrogens is 418 g/mol. The zero-order valence-electron chi connectivity index (χ0n) is 18.0. The third-order valence-electron chi connectivity index (χ3n) is 6.28. The summed E-state index contributed by atoms with van der Waals surface area (Å²) in [6, 6.07) is 11.8. The van der Waals surface area contributed by atoms with Crippen molar-refractivity contribution in [1.82, 2.24) is 24.9 Å². The molecule has 6 rings (SSSR count). The van der Waals surface area contributed by atoms with E-state index >= 15 is 0 Å². The van der Waals surface area contributed by atoms with E-state index in [9.17, 15) is 0 Å². The van der Waals surface area contributed by atoms with Crippen molar-refractivity contribution >= 4 is 22.7 Å². The first-order chi connectivity index (χ1) is 16.2. The van der Waals surface area contributed by atoms with Crippen molar-refractivity contribution in [3.8, 4) is 22.5 Å². The predicted molar refractivity (Wildman–Crippen MR) is 124 cm³/mol. The molecule has 4 aromatic rings. The lowest BCUT2D eigenvalue weighted by Crippen LogP contribution is -2.45. The molecule has 166 valence electrons. The molecule has 0 bridgehead atoms. The Morgan fingerprint density at radius 2 is 1.76 bits per heavy atom. The molecule has 0 radical (unpaired) electrons. The molecule has 0 saturated carbocycles. The Bertz CT molecular complexity index is 1280. The molecule has 0 aromatic carbocycles. The maximum atomic E-state index is 6.17. The molecule has 2 aliphatic rings. The summed E-state index contributed by atoms with van der Waals surface area (Å²) in [5.74, 6) is 0.923. The first-order valence-electron chi connectivity index (χ1n) is 11.0. The van der Waals surface area contributed by atoms with E-state index in [1.807, 2.05) is 42.6 Å². The molecule has 1 spiro atoms. The van der Waals surface area contributed by atoms with Crippen molar-refractivity contribution in [3.05, 3.63) is 55.1 Å². The van der Waals surface area contributed by atoms with E-state index in [-0.39, 0.29) is 0 Å². The smallest absolute Gasteiger partial charge is 0.171 e. The molecule has 0 aliphatic carbocycles. The van der Waals surface area contributed by atoms with Crippen LogP contribution in [-0.2, 0) is 9.47 Å². The third-order valence-corrected chi connectivity index (χ3v) is 6.28. The fourth-order valence-corrected chi connectivity index (χ4v) is 4.55. The summed E-state index contributed by atoms with van der Waals surface area (Å²) in [5, 5.41) is 0.697. The quantitative estimate of drug-likeness (QED) is 0.512. The summed E-state index contributed by atoms with van der Waals surface area (Å²) in [7, 11) is 0. The molecule has 4 aromatic heterocycles. The topological polar surface area (TPSA) is 112 Å². The molecule has 0 unspecified atom stereocenters. The standard InChI is InChI=1S/C24H23N7O2/c25-22-21-17(18-3-1-2-8-26-18)13-19(30-23(21)29-15-28-22)16-4-5-20(27-14-16)31-9-6-24(7-10-31)32-11-12-33-24/h1-5,8,13-15H,6-7,9-12H2,(H2,25,28,29,30). The van der Waals surface area contributed by atoms with Gasteiger partial charge in [0.05, 0.1) is 30.0 Å². The van der Waals surface area contributed by atoms with E-state index in [1.54, 1.807) is 6.20 Å². The van der Waals surface area contributed by atoms with Crippen LogP contribution in [0.5, 0.6) is 0 Å². The van der Waals surface area contributed by atoms with E-state index in [1.165, 1.54) is 6.33 Å². The fraction of sp³-hybridized carbons (Fsp3) is 0.292. The second-order valence-electron chi connectivity index (χ2n) is 8.23. The Labute approximate surface area is 190 Å². The maximum Gasteiger partial charge on any atom is 0.171 e. The molecule has 9 heteroatoms. The van der Waals surface area contributed by atoms with Crippen molar-refractivity contribution < 1.29 is 9.47 Å². The van der Waals surface area contributed by atoms with Gasteiger partial charge in [0, 0.05) is 49.5 Å². The Morgan fingerprint density at radius 1 is 0.909 bits per heavy atom. The van der Waals surface area contributed by atoms with Gasteiger partial charge < -0.3 is 20.1 Å². The van der Waals surface area contributed by atoms with Gasteiger partial charge in [-0.2, -0.15) is 0 Å². The normalized spacial score (nSPS) is 17.6. The van der Waals surface area contributed by atoms with E-state index < -0.39 is 5.79 Å². The second kappa shape index (κ2) is 8.02. The van der Waals surface area contributed by atoms with Crippen LogP contribution in [0.2, 0.25) is 0 Å². The van der Waals surface area contributed by atoms with E-state index in [4.69, 9.17) is 25.2 Å². The van der Waals surface area contributed by atoms with Gasteiger partial charge in [0.25, 0.3) is 0 Å². The SMILES string of the molecule is Nc1ncnc2nc(-c3ccc(N4CCC5(CC4)OCCO5)nc3)cc(-c3ccccn3)c12. The number of hydrogen-bond donors (Lipinski definition) is 1. The molecule has 0 atom stereocenters. The number of rotatable bonds is 3. The van der Waals surface area contributed by atoms with Crippen LogP contribution >= 0.6 is 0 Å². The van der Waals surface area contributed by atoms with E-state index in [2.05, 4.69) is 19.9 Å². The molecular formula is C24H23N7O2. The van der Waals surface area contributed by atoms with Crippen molar-refractivity contribution in [3.63, 3.8) is 0 Å². The lowest BCUT2D eigenvalue weighted by Gasteiger charge is -2.38. The van der Waals surface area contributed by atoms with Crippen molar-refractivity contribution in [1.29, 1.82) is 0 Å². The number of anilines is 2. The Hall–Kier alpha value is -3.69. The molecule has 2 fully saturated rings. The molecule has 2 N–H and O–H groups in total. The number of nitrogens with two attached hydrogens (primary N) is 1. The number of piperidine rings is 1. The van der Waals surface area contributed by atoms with Gasteiger partial charge in [-0.3, -0.25) is 4.98 Å². The first kappa shape index (κ1) is 20.0. The highest BCUT2D eigenvalue weighted by Gasteiger charge is 2.40. The number of hydrogen-bond acceptors (Lipinski definition) is 9. The number of fused-ring (bicyclic) bond motifs is 1. The average molecular weight is 441 g/mol. The average Bonchev–Trinajstić information content (AvgIpc) is 3.32. The van der Waals surface area contributed by atoms with Gasteiger partial charge in [-0.05, 0) is 30.3 Å². The zero-order valence-corrected chi connectivity index (χ0v) is 18.0. The van der Waals surface area contributed by atoms with Gasteiger partial charge in [-0.1, -0.05) is 6.07 Å². The predicted octanol–water partition coefficient (Wildman–Crippen LogP) is 3.07. The van der Waals surface area contributed by atoms with Gasteiger partial charge in [0.1, 0.15) is 18.0 Å². The number of pyridine rings is 3. The van der Waals surface area contributed by atoms with Crippen molar-refractivity contribution in [2.24, 2.45) is 0 Å². The minimum atomic E-state index is -0.392. The van der Waals surface area contributed by atoms with Crippen LogP contribution in [0.25, 0.3) is 33.5 Å². The Kier molecular flexibility index (Phi) is 4.85. The maximum absolute atomic E-state index is 6.17.